The molecule has 4 rings (SSSR count). The number of anilines is 2. The number of fused-ring (bicyclic) bond motifs is 1. The minimum Gasteiger partial charge on any atom is -0.479 e. The average Bonchev–Trinajstić information content (AvgIpc) is 3.31. The molecular formula is C22H25N3O5S. The number of carbonyl (C=O) groups excluding carboxylic acids is 2. The molecule has 2 aromatic carbocycles. The summed E-state index contributed by atoms with van der Waals surface area (Å²) in [6.45, 7) is 5.13. The first kappa shape index (κ1) is 21.3. The van der Waals surface area contributed by atoms with Gasteiger partial charge < -0.3 is 15.0 Å². The maximum atomic E-state index is 12.7. The van der Waals surface area contributed by atoms with E-state index in [0.717, 1.165) is 12.8 Å². The van der Waals surface area contributed by atoms with Crippen LogP contribution in [0.4, 0.5) is 11.4 Å². The predicted molar refractivity (Wildman–Crippen MR) is 117 cm³/mol. The minimum absolute atomic E-state index is 0.131. The Kier molecular flexibility index (Phi) is 5.72. The van der Waals surface area contributed by atoms with Gasteiger partial charge >= 0.3 is 0 Å². The molecule has 1 N–H and O–H groups in total. The molecule has 8 nitrogen and oxygen atoms in total. The molecule has 0 spiro atoms. The molecule has 1 atom stereocenters. The normalized spacial score (nSPS) is 19.1. The van der Waals surface area contributed by atoms with Crippen LogP contribution in [-0.2, 0) is 14.8 Å². The number of nitrogens with one attached hydrogen (secondary N) is 1. The highest BCUT2D eigenvalue weighted by atomic mass is 32.2. The molecule has 1 fully saturated rings. The summed E-state index contributed by atoms with van der Waals surface area (Å²) in [5.41, 5.74) is 1.46. The molecule has 164 valence electrons. The zero-order chi connectivity index (χ0) is 22.2. The van der Waals surface area contributed by atoms with Crippen LogP contribution < -0.4 is 15.0 Å². The highest BCUT2D eigenvalue weighted by molar-refractivity contribution is 7.89. The molecule has 9 heteroatoms. The first-order valence-electron chi connectivity index (χ1n) is 10.3. The van der Waals surface area contributed by atoms with E-state index in [2.05, 4.69) is 5.32 Å². The number of nitrogens with zero attached hydrogens (tertiary/aromatic N) is 2. The van der Waals surface area contributed by atoms with Gasteiger partial charge in [0.2, 0.25) is 10.0 Å². The lowest BCUT2D eigenvalue weighted by Crippen LogP contribution is -2.44. The highest BCUT2D eigenvalue weighted by Crippen LogP contribution is 2.36. The van der Waals surface area contributed by atoms with Crippen molar-refractivity contribution in [3.8, 4) is 5.75 Å². The molecule has 0 aliphatic carbocycles. The van der Waals surface area contributed by atoms with Crippen molar-refractivity contribution in [3.05, 3.63) is 48.0 Å². The molecule has 1 unspecified atom stereocenters. The van der Waals surface area contributed by atoms with E-state index in [0.29, 0.717) is 42.3 Å². The third-order valence-corrected chi connectivity index (χ3v) is 7.47. The van der Waals surface area contributed by atoms with Crippen LogP contribution in [0.1, 0.15) is 37.0 Å². The molecule has 2 aromatic rings. The molecule has 31 heavy (non-hydrogen) atoms. The summed E-state index contributed by atoms with van der Waals surface area (Å²) >= 11 is 0. The van der Waals surface area contributed by atoms with E-state index in [-0.39, 0.29) is 16.7 Å². The second kappa shape index (κ2) is 8.32. The van der Waals surface area contributed by atoms with Gasteiger partial charge in [-0.2, -0.15) is 4.31 Å². The Hall–Kier alpha value is -2.91. The Bertz CT molecular complexity index is 1110. The Morgan fingerprint density at radius 3 is 2.45 bits per heavy atom. The first-order valence-corrected chi connectivity index (χ1v) is 11.8. The fourth-order valence-corrected chi connectivity index (χ4v) is 5.39. The van der Waals surface area contributed by atoms with Crippen molar-refractivity contribution < 1.29 is 22.7 Å². The average molecular weight is 444 g/mol. The fourth-order valence-electron chi connectivity index (χ4n) is 3.87. The van der Waals surface area contributed by atoms with E-state index >= 15 is 0 Å². The number of amides is 2. The Morgan fingerprint density at radius 1 is 1.13 bits per heavy atom. The van der Waals surface area contributed by atoms with E-state index in [9.17, 15) is 18.0 Å². The minimum atomic E-state index is -3.52. The number of hydrogen-bond donors (Lipinski definition) is 1. The summed E-state index contributed by atoms with van der Waals surface area (Å²) in [5, 5.41) is 2.80. The molecule has 0 radical (unpaired) electrons. The van der Waals surface area contributed by atoms with Crippen molar-refractivity contribution in [2.75, 3.05) is 29.9 Å². The number of likely N-dealkylation sites (N-methyl/N-ethyl adjacent to an activating group) is 1. The van der Waals surface area contributed by atoms with Crippen LogP contribution in [0.25, 0.3) is 0 Å². The third kappa shape index (κ3) is 4.03. The lowest BCUT2D eigenvalue weighted by atomic mass is 10.1. The summed E-state index contributed by atoms with van der Waals surface area (Å²) in [4.78, 5) is 26.8. The molecule has 0 bridgehead atoms. The van der Waals surface area contributed by atoms with Gasteiger partial charge in [0.1, 0.15) is 5.75 Å². The summed E-state index contributed by atoms with van der Waals surface area (Å²) in [5.74, 6) is 0.0845. The van der Waals surface area contributed by atoms with Crippen molar-refractivity contribution in [3.63, 3.8) is 0 Å². The SMILES string of the molecule is CCN1C(=O)C(C)Oc2ccc(NC(=O)c3ccc(S(=O)(=O)N4CCCC4)cc3)cc21. The van der Waals surface area contributed by atoms with Gasteiger partial charge in [0.15, 0.2) is 6.10 Å². The van der Waals surface area contributed by atoms with Gasteiger partial charge in [0.05, 0.1) is 10.6 Å². The van der Waals surface area contributed by atoms with Gasteiger partial charge in [-0.15, -0.1) is 0 Å². The van der Waals surface area contributed by atoms with Crippen molar-refractivity contribution in [2.45, 2.75) is 37.7 Å². The van der Waals surface area contributed by atoms with Gasteiger partial charge in [-0.3, -0.25) is 9.59 Å². The van der Waals surface area contributed by atoms with Crippen LogP contribution in [0.15, 0.2) is 47.4 Å². The summed E-state index contributed by atoms with van der Waals surface area (Å²) in [6, 6.07) is 11.1. The number of hydrogen-bond acceptors (Lipinski definition) is 5. The highest BCUT2D eigenvalue weighted by Gasteiger charge is 2.31. The van der Waals surface area contributed by atoms with Crippen molar-refractivity contribution >= 4 is 33.2 Å². The van der Waals surface area contributed by atoms with E-state index in [4.69, 9.17) is 4.74 Å². The number of rotatable bonds is 5. The second-order valence-electron chi connectivity index (χ2n) is 7.61. The van der Waals surface area contributed by atoms with Gasteiger partial charge in [-0.1, -0.05) is 0 Å². The second-order valence-corrected chi connectivity index (χ2v) is 9.55. The van der Waals surface area contributed by atoms with Gasteiger partial charge in [-0.05, 0) is 69.2 Å². The van der Waals surface area contributed by atoms with E-state index in [1.54, 1.807) is 30.0 Å². The molecule has 1 saturated heterocycles. The lowest BCUT2D eigenvalue weighted by Gasteiger charge is -2.32. The Labute approximate surface area is 181 Å². The number of benzene rings is 2. The lowest BCUT2D eigenvalue weighted by molar-refractivity contribution is -0.125. The molecule has 2 heterocycles. The van der Waals surface area contributed by atoms with E-state index < -0.39 is 16.1 Å². The zero-order valence-electron chi connectivity index (χ0n) is 17.5. The van der Waals surface area contributed by atoms with Gasteiger partial charge in [-0.25, -0.2) is 8.42 Å². The standard InChI is InChI=1S/C22H25N3O5S/c1-3-25-19-14-17(8-11-20(19)30-15(2)22(25)27)23-21(26)16-6-9-18(10-7-16)31(28,29)24-12-4-5-13-24/h6-11,14-15H,3-5,12-13H2,1-2H3,(H,23,26). The van der Waals surface area contributed by atoms with E-state index in [1.165, 1.54) is 28.6 Å². The maximum Gasteiger partial charge on any atom is 0.267 e. The van der Waals surface area contributed by atoms with Crippen LogP contribution in [-0.4, -0.2) is 50.3 Å². The van der Waals surface area contributed by atoms with Crippen molar-refractivity contribution in [1.82, 2.24) is 4.31 Å². The summed E-state index contributed by atoms with van der Waals surface area (Å²) < 4.78 is 32.4. The van der Waals surface area contributed by atoms with Crippen molar-refractivity contribution in [2.24, 2.45) is 0 Å². The Morgan fingerprint density at radius 2 is 1.81 bits per heavy atom. The topological polar surface area (TPSA) is 96.0 Å². The fraction of sp³-hybridized carbons (Fsp3) is 0.364. The molecule has 0 aromatic heterocycles. The van der Waals surface area contributed by atoms with Gasteiger partial charge in [0.25, 0.3) is 11.8 Å². The summed E-state index contributed by atoms with van der Waals surface area (Å²) in [6.07, 6.45) is 1.18. The number of sulfonamides is 1. The predicted octanol–water partition coefficient (Wildman–Crippen LogP) is 2.86. The van der Waals surface area contributed by atoms with E-state index in [1.807, 2.05) is 6.92 Å². The largest absolute Gasteiger partial charge is 0.479 e. The number of ether oxygens (including phenoxy) is 1. The Balaban J connectivity index is 1.51. The molecule has 2 aliphatic rings. The van der Waals surface area contributed by atoms with Crippen LogP contribution in [0.2, 0.25) is 0 Å². The monoisotopic (exact) mass is 443 g/mol. The van der Waals surface area contributed by atoms with Crippen LogP contribution in [0.5, 0.6) is 5.75 Å². The molecular weight excluding hydrogens is 418 g/mol. The smallest absolute Gasteiger partial charge is 0.267 e. The van der Waals surface area contributed by atoms with Crippen LogP contribution in [0, 0.1) is 0 Å². The van der Waals surface area contributed by atoms with Crippen molar-refractivity contribution in [1.29, 1.82) is 0 Å². The number of carbonyl (C=O) groups is 2. The molecule has 2 aliphatic heterocycles. The van der Waals surface area contributed by atoms with Crippen LogP contribution in [0.3, 0.4) is 0 Å². The first-order chi connectivity index (χ1) is 14.8. The third-order valence-electron chi connectivity index (χ3n) is 5.56. The van der Waals surface area contributed by atoms with Gasteiger partial charge in [0, 0.05) is 30.9 Å². The molecule has 2 amide bonds. The van der Waals surface area contributed by atoms with Crippen LogP contribution >= 0.6 is 0 Å². The zero-order valence-corrected chi connectivity index (χ0v) is 18.3. The maximum absolute atomic E-state index is 12.7. The molecule has 0 saturated carbocycles. The summed E-state index contributed by atoms with van der Waals surface area (Å²) in [7, 11) is -3.52. The quantitative estimate of drug-likeness (QED) is 0.767.